The molecular weight excluding hydrogens is 168 g/mol. The van der Waals surface area contributed by atoms with Gasteiger partial charge in [-0.25, -0.2) is 0 Å². The van der Waals surface area contributed by atoms with Crippen molar-refractivity contribution in [2.24, 2.45) is 0 Å². The van der Waals surface area contributed by atoms with Crippen LogP contribution in [0.5, 0.6) is 5.75 Å². The summed E-state index contributed by atoms with van der Waals surface area (Å²) in [6.45, 7) is 1.35. The van der Waals surface area contributed by atoms with Gasteiger partial charge in [0.05, 0.1) is 0 Å². The van der Waals surface area contributed by atoms with Crippen molar-refractivity contribution in [2.45, 2.75) is 13.3 Å². The predicted molar refractivity (Wildman–Crippen MR) is 47.5 cm³/mol. The van der Waals surface area contributed by atoms with E-state index in [4.69, 9.17) is 4.74 Å². The third-order valence-electron chi connectivity index (χ3n) is 1.50. The molecule has 0 spiro atoms. The number of carbonyl (C=O) groups excluding carboxylic acids is 2. The van der Waals surface area contributed by atoms with E-state index in [-0.39, 0.29) is 5.97 Å². The molecule has 0 heterocycles. The van der Waals surface area contributed by atoms with Crippen molar-refractivity contribution in [3.8, 4) is 5.75 Å². The molecule has 0 radical (unpaired) electrons. The first-order valence-electron chi connectivity index (χ1n) is 3.93. The lowest BCUT2D eigenvalue weighted by Crippen LogP contribution is -2.01. The molecule has 0 unspecified atom stereocenters. The van der Waals surface area contributed by atoms with E-state index in [1.165, 1.54) is 6.92 Å². The Morgan fingerprint density at radius 2 is 2.00 bits per heavy atom. The maximum absolute atomic E-state index is 10.5. The lowest BCUT2D eigenvalue weighted by Gasteiger charge is -2.00. The summed E-state index contributed by atoms with van der Waals surface area (Å²) in [5.41, 5.74) is 0.908. The minimum Gasteiger partial charge on any atom is -0.427 e. The highest BCUT2D eigenvalue weighted by Crippen LogP contribution is 2.12. The molecule has 13 heavy (non-hydrogen) atoms. The highest BCUT2D eigenvalue weighted by Gasteiger charge is 1.97. The van der Waals surface area contributed by atoms with Crippen LogP contribution in [0.25, 0.3) is 0 Å². The Labute approximate surface area is 76.3 Å². The van der Waals surface area contributed by atoms with E-state index in [1.54, 1.807) is 24.3 Å². The van der Waals surface area contributed by atoms with E-state index in [0.29, 0.717) is 12.2 Å². The summed E-state index contributed by atoms with van der Waals surface area (Å²) >= 11 is 0. The van der Waals surface area contributed by atoms with Crippen LogP contribution in [0.3, 0.4) is 0 Å². The van der Waals surface area contributed by atoms with Crippen LogP contribution in [0.15, 0.2) is 24.3 Å². The van der Waals surface area contributed by atoms with E-state index in [0.717, 1.165) is 11.8 Å². The van der Waals surface area contributed by atoms with Gasteiger partial charge in [0.1, 0.15) is 12.0 Å². The number of benzene rings is 1. The molecule has 0 bridgehead atoms. The highest BCUT2D eigenvalue weighted by atomic mass is 16.5. The molecule has 0 saturated carbocycles. The van der Waals surface area contributed by atoms with Gasteiger partial charge in [0, 0.05) is 13.3 Å². The van der Waals surface area contributed by atoms with Crippen molar-refractivity contribution in [2.75, 3.05) is 0 Å². The Hall–Kier alpha value is -1.64. The minimum absolute atomic E-state index is 0.344. The van der Waals surface area contributed by atoms with E-state index >= 15 is 0 Å². The van der Waals surface area contributed by atoms with E-state index in [9.17, 15) is 9.59 Å². The maximum atomic E-state index is 10.5. The molecule has 0 aliphatic carbocycles. The predicted octanol–water partition coefficient (Wildman–Crippen LogP) is 1.35. The fraction of sp³-hybridized carbons (Fsp3) is 0.200. The second-order valence-corrected chi connectivity index (χ2v) is 2.61. The Morgan fingerprint density at radius 1 is 1.38 bits per heavy atom. The van der Waals surface area contributed by atoms with Crippen LogP contribution in [0.2, 0.25) is 0 Å². The Bertz CT molecular complexity index is 300. The van der Waals surface area contributed by atoms with Crippen LogP contribution in [-0.4, -0.2) is 12.3 Å². The molecule has 0 aliphatic rings. The molecule has 0 saturated heterocycles. The fourth-order valence-corrected chi connectivity index (χ4v) is 0.956. The van der Waals surface area contributed by atoms with Gasteiger partial charge >= 0.3 is 5.97 Å². The standard InChI is InChI=1S/C10H10O3/c1-8(12)13-10-4-2-9(3-5-10)6-7-11/h2-5,7H,6H2,1H3. The van der Waals surface area contributed by atoms with Crippen LogP contribution >= 0.6 is 0 Å². The average Bonchev–Trinajstić information content (AvgIpc) is 2.08. The van der Waals surface area contributed by atoms with Crippen LogP contribution in [0, 0.1) is 0 Å². The summed E-state index contributed by atoms with van der Waals surface area (Å²) < 4.78 is 4.82. The monoisotopic (exact) mass is 178 g/mol. The van der Waals surface area contributed by atoms with Crippen molar-refractivity contribution in [3.63, 3.8) is 0 Å². The number of carbonyl (C=O) groups is 2. The van der Waals surface area contributed by atoms with Gasteiger partial charge in [-0.2, -0.15) is 0 Å². The first-order valence-corrected chi connectivity index (χ1v) is 3.93. The second kappa shape index (κ2) is 4.40. The molecule has 68 valence electrons. The number of hydrogen-bond acceptors (Lipinski definition) is 3. The van der Waals surface area contributed by atoms with E-state index < -0.39 is 0 Å². The van der Waals surface area contributed by atoms with Gasteiger partial charge < -0.3 is 9.53 Å². The molecule has 1 aromatic carbocycles. The van der Waals surface area contributed by atoms with E-state index in [2.05, 4.69) is 0 Å². The zero-order chi connectivity index (χ0) is 9.68. The van der Waals surface area contributed by atoms with Gasteiger partial charge in [-0.15, -0.1) is 0 Å². The largest absolute Gasteiger partial charge is 0.427 e. The summed E-state index contributed by atoms with van der Waals surface area (Å²) in [5, 5.41) is 0. The smallest absolute Gasteiger partial charge is 0.308 e. The van der Waals surface area contributed by atoms with Gasteiger partial charge in [0.2, 0.25) is 0 Å². The zero-order valence-corrected chi connectivity index (χ0v) is 7.32. The van der Waals surface area contributed by atoms with Crippen molar-refractivity contribution in [3.05, 3.63) is 29.8 Å². The highest BCUT2D eigenvalue weighted by molar-refractivity contribution is 5.69. The normalized spacial score (nSPS) is 9.31. The number of esters is 1. The van der Waals surface area contributed by atoms with Crippen molar-refractivity contribution < 1.29 is 14.3 Å². The lowest BCUT2D eigenvalue weighted by molar-refractivity contribution is -0.131. The molecule has 1 rings (SSSR count). The second-order valence-electron chi connectivity index (χ2n) is 2.61. The van der Waals surface area contributed by atoms with Crippen LogP contribution in [0.4, 0.5) is 0 Å². The summed E-state index contributed by atoms with van der Waals surface area (Å²) in [4.78, 5) is 20.7. The molecule has 0 aromatic heterocycles. The third-order valence-corrected chi connectivity index (χ3v) is 1.50. The summed E-state index contributed by atoms with van der Waals surface area (Å²) in [5.74, 6) is 0.158. The van der Waals surface area contributed by atoms with Crippen LogP contribution < -0.4 is 4.74 Å². The van der Waals surface area contributed by atoms with Crippen molar-refractivity contribution >= 4 is 12.3 Å². The van der Waals surface area contributed by atoms with Crippen LogP contribution in [0.1, 0.15) is 12.5 Å². The van der Waals surface area contributed by atoms with Gasteiger partial charge in [0.15, 0.2) is 0 Å². The third kappa shape index (κ3) is 3.07. The first-order chi connectivity index (χ1) is 6.22. The Morgan fingerprint density at radius 3 is 2.46 bits per heavy atom. The number of hydrogen-bond donors (Lipinski definition) is 0. The maximum Gasteiger partial charge on any atom is 0.308 e. The average molecular weight is 178 g/mol. The molecule has 3 heteroatoms. The lowest BCUT2D eigenvalue weighted by atomic mass is 10.2. The summed E-state index contributed by atoms with van der Waals surface area (Å²) in [6, 6.07) is 6.85. The Kier molecular flexibility index (Phi) is 3.20. The Balaban J connectivity index is 2.69. The molecule has 0 atom stereocenters. The summed E-state index contributed by atoms with van der Waals surface area (Å²) in [6.07, 6.45) is 1.22. The van der Waals surface area contributed by atoms with Gasteiger partial charge in [-0.3, -0.25) is 4.79 Å². The van der Waals surface area contributed by atoms with Crippen molar-refractivity contribution in [1.29, 1.82) is 0 Å². The SMILES string of the molecule is CC(=O)Oc1ccc(CC=O)cc1. The van der Waals surface area contributed by atoms with Crippen LogP contribution in [-0.2, 0) is 16.0 Å². The minimum atomic E-state index is -0.344. The number of ether oxygens (including phenoxy) is 1. The van der Waals surface area contributed by atoms with Gasteiger partial charge in [-0.05, 0) is 17.7 Å². The molecule has 0 fully saturated rings. The quantitative estimate of drug-likeness (QED) is 0.398. The van der Waals surface area contributed by atoms with E-state index in [1.807, 2.05) is 0 Å². The molecular formula is C10H10O3. The molecule has 0 N–H and O–H groups in total. The zero-order valence-electron chi connectivity index (χ0n) is 7.32. The fourth-order valence-electron chi connectivity index (χ4n) is 0.956. The molecule has 3 nitrogen and oxygen atoms in total. The molecule has 1 aromatic rings. The number of rotatable bonds is 3. The van der Waals surface area contributed by atoms with Crippen molar-refractivity contribution in [1.82, 2.24) is 0 Å². The van der Waals surface area contributed by atoms with Gasteiger partial charge in [-0.1, -0.05) is 12.1 Å². The van der Waals surface area contributed by atoms with Gasteiger partial charge in [0.25, 0.3) is 0 Å². The first kappa shape index (κ1) is 9.45. The molecule has 0 aliphatic heterocycles. The molecule has 0 amide bonds. The number of aldehydes is 1. The summed E-state index contributed by atoms with van der Waals surface area (Å²) in [7, 11) is 0. The topological polar surface area (TPSA) is 43.4 Å².